The van der Waals surface area contributed by atoms with Crippen LogP contribution in [0.4, 0.5) is 4.39 Å². The van der Waals surface area contributed by atoms with Crippen LogP contribution in [0.25, 0.3) is 0 Å². The summed E-state index contributed by atoms with van der Waals surface area (Å²) in [7, 11) is 0. The first-order valence-electron chi connectivity index (χ1n) is 5.29. The summed E-state index contributed by atoms with van der Waals surface area (Å²) in [5.74, 6) is -0.713. The van der Waals surface area contributed by atoms with Gasteiger partial charge in [0.05, 0.1) is 12.5 Å². The molecule has 1 heterocycles. The number of hydrogen-bond donors (Lipinski definition) is 0. The highest BCUT2D eigenvalue weighted by atomic mass is 19.1. The van der Waals surface area contributed by atoms with Gasteiger partial charge in [-0.1, -0.05) is 12.1 Å². The molecular formula is C12H13FO3. The molecule has 0 spiro atoms. The van der Waals surface area contributed by atoms with E-state index in [-0.39, 0.29) is 30.1 Å². The fourth-order valence-electron chi connectivity index (χ4n) is 1.80. The number of fused-ring (bicyclic) bond motifs is 1. The summed E-state index contributed by atoms with van der Waals surface area (Å²) in [6.45, 7) is 2.30. The van der Waals surface area contributed by atoms with Crippen molar-refractivity contribution in [2.24, 2.45) is 5.92 Å². The van der Waals surface area contributed by atoms with Crippen molar-refractivity contribution in [2.45, 2.75) is 13.3 Å². The zero-order chi connectivity index (χ0) is 11.5. The minimum Gasteiger partial charge on any atom is -0.489 e. The van der Waals surface area contributed by atoms with Gasteiger partial charge in [0, 0.05) is 0 Å². The molecule has 0 saturated carbocycles. The Labute approximate surface area is 93.2 Å². The summed E-state index contributed by atoms with van der Waals surface area (Å²) in [5.41, 5.74) is 0.726. The van der Waals surface area contributed by atoms with Crippen LogP contribution >= 0.6 is 0 Å². The third kappa shape index (κ3) is 2.01. The van der Waals surface area contributed by atoms with Gasteiger partial charge in [-0.15, -0.1) is 0 Å². The van der Waals surface area contributed by atoms with E-state index in [4.69, 9.17) is 9.47 Å². The van der Waals surface area contributed by atoms with Gasteiger partial charge in [0.1, 0.15) is 6.61 Å². The first kappa shape index (κ1) is 10.9. The number of benzene rings is 1. The van der Waals surface area contributed by atoms with Crippen LogP contribution in [0.1, 0.15) is 12.5 Å². The fourth-order valence-corrected chi connectivity index (χ4v) is 1.80. The van der Waals surface area contributed by atoms with Gasteiger partial charge >= 0.3 is 5.97 Å². The van der Waals surface area contributed by atoms with Crippen molar-refractivity contribution in [3.8, 4) is 5.75 Å². The Morgan fingerprint density at radius 3 is 3.19 bits per heavy atom. The Bertz CT molecular complexity index is 403. The van der Waals surface area contributed by atoms with E-state index in [2.05, 4.69) is 0 Å². The number of hydrogen-bond acceptors (Lipinski definition) is 3. The molecule has 0 fully saturated rings. The Balaban J connectivity index is 2.15. The molecule has 0 radical (unpaired) electrons. The van der Waals surface area contributed by atoms with Gasteiger partial charge in [-0.25, -0.2) is 4.39 Å². The molecule has 1 aromatic rings. The summed E-state index contributed by atoms with van der Waals surface area (Å²) in [4.78, 5) is 11.5. The van der Waals surface area contributed by atoms with E-state index in [1.54, 1.807) is 19.1 Å². The summed E-state index contributed by atoms with van der Waals surface area (Å²) in [6, 6.07) is 4.73. The van der Waals surface area contributed by atoms with Crippen molar-refractivity contribution in [2.75, 3.05) is 13.2 Å². The van der Waals surface area contributed by atoms with E-state index in [9.17, 15) is 9.18 Å². The van der Waals surface area contributed by atoms with Gasteiger partial charge in [-0.3, -0.25) is 4.79 Å². The van der Waals surface area contributed by atoms with E-state index in [0.717, 1.165) is 5.56 Å². The lowest BCUT2D eigenvalue weighted by Gasteiger charge is -2.23. The predicted molar refractivity (Wildman–Crippen MR) is 55.7 cm³/mol. The van der Waals surface area contributed by atoms with Crippen molar-refractivity contribution in [1.82, 2.24) is 0 Å². The van der Waals surface area contributed by atoms with Crippen LogP contribution in [0.5, 0.6) is 5.75 Å². The van der Waals surface area contributed by atoms with E-state index in [1.165, 1.54) is 6.07 Å². The lowest BCUT2D eigenvalue weighted by atomic mass is 9.97. The fraction of sp³-hybridized carbons (Fsp3) is 0.417. The Kier molecular flexibility index (Phi) is 3.08. The molecular weight excluding hydrogens is 211 g/mol. The minimum atomic E-state index is -0.375. The van der Waals surface area contributed by atoms with Gasteiger partial charge in [0.2, 0.25) is 0 Å². The number of rotatable bonds is 2. The Morgan fingerprint density at radius 1 is 1.62 bits per heavy atom. The maximum absolute atomic E-state index is 13.3. The molecule has 3 nitrogen and oxygen atoms in total. The Morgan fingerprint density at radius 2 is 2.44 bits per heavy atom. The van der Waals surface area contributed by atoms with E-state index < -0.39 is 0 Å². The van der Waals surface area contributed by atoms with Gasteiger partial charge in [0.25, 0.3) is 0 Å². The molecule has 1 atom stereocenters. The van der Waals surface area contributed by atoms with Gasteiger partial charge in [0.15, 0.2) is 11.6 Å². The van der Waals surface area contributed by atoms with Crippen LogP contribution < -0.4 is 4.74 Å². The van der Waals surface area contributed by atoms with E-state index in [1.807, 2.05) is 0 Å². The highest BCUT2D eigenvalue weighted by Gasteiger charge is 2.28. The van der Waals surface area contributed by atoms with Gasteiger partial charge in [-0.05, 0) is 25.0 Å². The van der Waals surface area contributed by atoms with Crippen molar-refractivity contribution >= 4 is 5.97 Å². The first-order valence-corrected chi connectivity index (χ1v) is 5.29. The number of ether oxygens (including phenoxy) is 2. The van der Waals surface area contributed by atoms with Crippen molar-refractivity contribution in [3.05, 3.63) is 29.6 Å². The molecule has 0 aliphatic carbocycles. The molecule has 0 bridgehead atoms. The minimum absolute atomic E-state index is 0.187. The summed E-state index contributed by atoms with van der Waals surface area (Å²) in [6.07, 6.45) is 0.478. The molecule has 2 rings (SSSR count). The predicted octanol–water partition coefficient (Wildman–Crippen LogP) is 1.94. The Hall–Kier alpha value is -1.58. The van der Waals surface area contributed by atoms with Crippen LogP contribution in [-0.4, -0.2) is 19.2 Å². The topological polar surface area (TPSA) is 35.5 Å². The molecule has 0 N–H and O–H groups in total. The molecule has 4 heteroatoms. The van der Waals surface area contributed by atoms with Crippen LogP contribution in [0.3, 0.4) is 0 Å². The van der Waals surface area contributed by atoms with Crippen molar-refractivity contribution < 1.29 is 18.7 Å². The van der Waals surface area contributed by atoms with Gasteiger partial charge in [-0.2, -0.15) is 0 Å². The van der Waals surface area contributed by atoms with Crippen LogP contribution in [0, 0.1) is 11.7 Å². The van der Waals surface area contributed by atoms with Crippen molar-refractivity contribution in [3.63, 3.8) is 0 Å². The number of carbonyl (C=O) groups is 1. The lowest BCUT2D eigenvalue weighted by Crippen LogP contribution is -2.30. The number of para-hydroxylation sites is 1. The smallest absolute Gasteiger partial charge is 0.312 e. The highest BCUT2D eigenvalue weighted by molar-refractivity contribution is 5.73. The zero-order valence-electron chi connectivity index (χ0n) is 9.03. The molecule has 0 amide bonds. The second-order valence-electron chi connectivity index (χ2n) is 3.69. The van der Waals surface area contributed by atoms with Crippen LogP contribution in [0.15, 0.2) is 18.2 Å². The highest BCUT2D eigenvalue weighted by Crippen LogP contribution is 2.30. The van der Waals surface area contributed by atoms with E-state index >= 15 is 0 Å². The average molecular weight is 224 g/mol. The monoisotopic (exact) mass is 224 g/mol. The molecule has 1 unspecified atom stereocenters. The van der Waals surface area contributed by atoms with Crippen LogP contribution in [-0.2, 0) is 16.0 Å². The third-order valence-corrected chi connectivity index (χ3v) is 2.56. The third-order valence-electron chi connectivity index (χ3n) is 2.56. The van der Waals surface area contributed by atoms with Crippen LogP contribution in [0.2, 0.25) is 0 Å². The normalized spacial score (nSPS) is 18.5. The molecule has 1 aromatic carbocycles. The number of carbonyl (C=O) groups excluding carboxylic acids is 1. The zero-order valence-corrected chi connectivity index (χ0v) is 9.03. The SMILES string of the molecule is CCOC(=O)C1COc2c(F)cccc2C1. The second kappa shape index (κ2) is 4.51. The molecule has 0 aromatic heterocycles. The van der Waals surface area contributed by atoms with Crippen molar-refractivity contribution in [1.29, 1.82) is 0 Å². The summed E-state index contributed by atoms with van der Waals surface area (Å²) >= 11 is 0. The first-order chi connectivity index (χ1) is 7.72. The van der Waals surface area contributed by atoms with Gasteiger partial charge < -0.3 is 9.47 Å². The molecule has 1 aliphatic rings. The maximum Gasteiger partial charge on any atom is 0.312 e. The van der Waals surface area contributed by atoms with E-state index in [0.29, 0.717) is 13.0 Å². The maximum atomic E-state index is 13.3. The summed E-state index contributed by atoms with van der Waals surface area (Å²) in [5, 5.41) is 0. The standard InChI is InChI=1S/C12H13FO3/c1-2-15-12(14)9-6-8-4-3-5-10(13)11(8)16-7-9/h3-5,9H,2,6-7H2,1H3. The quantitative estimate of drug-likeness (QED) is 0.720. The largest absolute Gasteiger partial charge is 0.489 e. The molecule has 1 aliphatic heterocycles. The average Bonchev–Trinajstić information content (AvgIpc) is 2.29. The lowest BCUT2D eigenvalue weighted by molar-refractivity contribution is -0.149. The summed E-state index contributed by atoms with van der Waals surface area (Å²) < 4.78 is 23.5. The molecule has 16 heavy (non-hydrogen) atoms. The number of esters is 1. The molecule has 86 valence electrons. The molecule has 0 saturated heterocycles. The number of halogens is 1. The second-order valence-corrected chi connectivity index (χ2v) is 3.69.